The summed E-state index contributed by atoms with van der Waals surface area (Å²) in [7, 11) is -3.39. The first kappa shape index (κ1) is 9.26. The highest BCUT2D eigenvalue weighted by atomic mass is 31.2. The van der Waals surface area contributed by atoms with E-state index < -0.39 is 7.44 Å². The largest absolute Gasteiger partial charge is 0.394 e. The number of rotatable bonds is 3. The third kappa shape index (κ3) is 4.17. The molecule has 0 saturated carbocycles. The quantitative estimate of drug-likeness (QED) is 0.362. The molecule has 6 nitrogen and oxygen atoms in total. The van der Waals surface area contributed by atoms with Gasteiger partial charge in [0.2, 0.25) is 0 Å². The monoisotopic (exact) mass is 165 g/mol. The smallest absolute Gasteiger partial charge is 0.281 e. The lowest BCUT2D eigenvalue weighted by atomic mass is 10.5. The van der Waals surface area contributed by atoms with Crippen LogP contribution < -0.4 is 5.50 Å². The number of ketones is 1. The maximum atomic E-state index is 10.8. The number of hydrogen-bond acceptors (Lipinski definition) is 3. The van der Waals surface area contributed by atoms with Gasteiger partial charge in [-0.2, -0.15) is 0 Å². The second-order valence-corrected chi connectivity index (χ2v) is 3.80. The highest BCUT2D eigenvalue weighted by molar-refractivity contribution is 7.60. The van der Waals surface area contributed by atoms with Crippen LogP contribution in [0.15, 0.2) is 10.2 Å². The Morgan fingerprint density at radius 2 is 2.30 bits per heavy atom. The fourth-order valence-electron chi connectivity index (χ4n) is 0.418. The van der Waals surface area contributed by atoms with Gasteiger partial charge in [-0.15, -0.1) is 0 Å². The predicted molar refractivity (Wildman–Crippen MR) is 34.0 cm³/mol. The molecule has 0 bridgehead atoms. The van der Waals surface area contributed by atoms with Gasteiger partial charge in [0.15, 0.2) is 0 Å². The van der Waals surface area contributed by atoms with E-state index in [1.807, 2.05) is 0 Å². The average Bonchev–Trinajstić information content (AvgIpc) is 1.59. The molecule has 0 radical (unpaired) electrons. The maximum Gasteiger partial charge on any atom is 0.281 e. The number of nitrogens with two attached hydrogens (primary N) is 1. The highest BCUT2D eigenvalue weighted by Crippen LogP contribution is 2.37. The fraction of sp³-hybridized carbons (Fsp3) is 0.667. The van der Waals surface area contributed by atoms with Crippen molar-refractivity contribution in [2.24, 2.45) is 15.7 Å². The lowest BCUT2D eigenvalue weighted by Gasteiger charge is -1.99. The molecule has 1 atom stereocenters. The second kappa shape index (κ2) is 3.43. The van der Waals surface area contributed by atoms with E-state index in [9.17, 15) is 9.36 Å². The summed E-state index contributed by atoms with van der Waals surface area (Å²) in [6, 6.07) is 0. The Kier molecular flexibility index (Phi) is 3.18. The SMILES string of the molecule is CC(=O)CP(N)(=O)N=NO. The molecule has 0 amide bonds. The zero-order valence-corrected chi connectivity index (χ0v) is 6.28. The van der Waals surface area contributed by atoms with Gasteiger partial charge in [-0.25, -0.2) is 0 Å². The molecule has 0 fully saturated rings. The third-order valence-electron chi connectivity index (χ3n) is 0.641. The van der Waals surface area contributed by atoms with Crippen LogP contribution in [0.1, 0.15) is 6.92 Å². The van der Waals surface area contributed by atoms with Crippen LogP contribution in [0.4, 0.5) is 0 Å². The maximum absolute atomic E-state index is 10.8. The molecule has 0 rings (SSSR count). The molecule has 0 aromatic carbocycles. The second-order valence-electron chi connectivity index (χ2n) is 1.79. The molecular weight excluding hydrogens is 157 g/mol. The van der Waals surface area contributed by atoms with Crippen LogP contribution in [0.25, 0.3) is 0 Å². The Balaban J connectivity index is 4.14. The minimum atomic E-state index is -3.39. The van der Waals surface area contributed by atoms with Crippen molar-refractivity contribution in [1.82, 2.24) is 0 Å². The molecule has 1 unspecified atom stereocenters. The van der Waals surface area contributed by atoms with Crippen molar-refractivity contribution in [3.05, 3.63) is 0 Å². The molecule has 7 heteroatoms. The molecule has 0 aromatic heterocycles. The minimum Gasteiger partial charge on any atom is -0.394 e. The lowest BCUT2D eigenvalue weighted by molar-refractivity contribution is -0.114. The number of hydrogen-bond donors (Lipinski definition) is 2. The van der Waals surface area contributed by atoms with Crippen molar-refractivity contribution >= 4 is 13.2 Å². The van der Waals surface area contributed by atoms with Crippen molar-refractivity contribution in [1.29, 1.82) is 0 Å². The summed E-state index contributed by atoms with van der Waals surface area (Å²) >= 11 is 0. The van der Waals surface area contributed by atoms with Crippen molar-refractivity contribution in [3.8, 4) is 0 Å². The topological polar surface area (TPSA) is 105 Å². The molecule has 0 spiro atoms. The third-order valence-corrected chi connectivity index (χ3v) is 1.92. The van der Waals surface area contributed by atoms with Crippen molar-refractivity contribution in [2.75, 3.05) is 6.16 Å². The van der Waals surface area contributed by atoms with Crippen molar-refractivity contribution < 1.29 is 14.6 Å². The number of Topliss-reactive ketones (excluding diaryl/α,β-unsaturated/α-hetero) is 1. The summed E-state index contributed by atoms with van der Waals surface area (Å²) in [5.41, 5.74) is 4.94. The molecule has 10 heavy (non-hydrogen) atoms. The summed E-state index contributed by atoms with van der Waals surface area (Å²) in [4.78, 5) is 13.1. The van der Waals surface area contributed by atoms with Crippen molar-refractivity contribution in [3.63, 3.8) is 0 Å². The first-order valence-corrected chi connectivity index (χ1v) is 4.33. The van der Waals surface area contributed by atoms with Crippen LogP contribution in [-0.4, -0.2) is 17.2 Å². The van der Waals surface area contributed by atoms with Crippen LogP contribution in [-0.2, 0) is 9.36 Å². The Morgan fingerprint density at radius 3 is 2.60 bits per heavy atom. The van der Waals surface area contributed by atoms with E-state index in [0.717, 1.165) is 0 Å². The molecule has 0 aliphatic rings. The molecule has 0 saturated heterocycles. The number of carbonyl (C=O) groups is 1. The van der Waals surface area contributed by atoms with E-state index in [1.54, 1.807) is 0 Å². The number of carbonyl (C=O) groups excluding carboxylic acids is 1. The standard InChI is InChI=1S/C3H8N3O3P/c1-3(7)2-10(4,9)6-5-8/h2H2,1H3,(H3,4,6,8,9). The van der Waals surface area contributed by atoms with Crippen LogP contribution >= 0.6 is 7.44 Å². The van der Waals surface area contributed by atoms with E-state index in [1.165, 1.54) is 6.92 Å². The molecule has 3 N–H and O–H groups in total. The Bertz CT molecular complexity index is 201. The number of nitrogens with zero attached hydrogens (tertiary/aromatic N) is 2. The van der Waals surface area contributed by atoms with Gasteiger partial charge >= 0.3 is 0 Å². The normalized spacial score (nSPS) is 17.0. The minimum absolute atomic E-state index is 0.349. The molecule has 0 aliphatic heterocycles. The van der Waals surface area contributed by atoms with Gasteiger partial charge in [0.1, 0.15) is 5.78 Å². The molecule has 58 valence electrons. The van der Waals surface area contributed by atoms with E-state index in [4.69, 9.17) is 10.7 Å². The summed E-state index contributed by atoms with van der Waals surface area (Å²) < 4.78 is 10.8. The molecule has 0 aliphatic carbocycles. The van der Waals surface area contributed by atoms with E-state index >= 15 is 0 Å². The van der Waals surface area contributed by atoms with Gasteiger partial charge in [-0.3, -0.25) is 14.9 Å². The fourth-order valence-corrected chi connectivity index (χ4v) is 1.26. The lowest BCUT2D eigenvalue weighted by Crippen LogP contribution is -2.04. The molecule has 0 aromatic rings. The predicted octanol–water partition coefficient (Wildman–Crippen LogP) is 0.569. The first-order valence-electron chi connectivity index (χ1n) is 2.41. The van der Waals surface area contributed by atoms with Gasteiger partial charge in [0.25, 0.3) is 7.44 Å². The highest BCUT2D eigenvalue weighted by Gasteiger charge is 2.17. The first-order chi connectivity index (χ1) is 4.48. The van der Waals surface area contributed by atoms with Gasteiger partial charge in [0, 0.05) is 5.28 Å². The Labute approximate surface area is 57.6 Å². The zero-order valence-electron chi connectivity index (χ0n) is 5.39. The zero-order chi connectivity index (χ0) is 8.20. The van der Waals surface area contributed by atoms with E-state index in [0.29, 0.717) is 0 Å². The summed E-state index contributed by atoms with van der Waals surface area (Å²) in [5.74, 6) is -0.349. The van der Waals surface area contributed by atoms with Gasteiger partial charge in [-0.1, -0.05) is 4.88 Å². The van der Waals surface area contributed by atoms with Gasteiger partial charge < -0.3 is 5.21 Å². The summed E-state index contributed by atoms with van der Waals surface area (Å²) in [5, 5.41) is 10.1. The van der Waals surface area contributed by atoms with Gasteiger partial charge in [0.05, 0.1) is 6.16 Å². The molecule has 0 heterocycles. The summed E-state index contributed by atoms with van der Waals surface area (Å²) in [6.07, 6.45) is -0.364. The Hall–Kier alpha value is -0.740. The van der Waals surface area contributed by atoms with E-state index in [-0.39, 0.29) is 11.9 Å². The molecular formula is C3H8N3O3P. The van der Waals surface area contributed by atoms with Crippen molar-refractivity contribution in [2.45, 2.75) is 6.92 Å². The Morgan fingerprint density at radius 1 is 1.80 bits per heavy atom. The van der Waals surface area contributed by atoms with Crippen LogP contribution in [0, 0.1) is 0 Å². The van der Waals surface area contributed by atoms with Gasteiger partial charge in [-0.05, 0) is 6.92 Å². The summed E-state index contributed by atoms with van der Waals surface area (Å²) in [6.45, 7) is 1.23. The van der Waals surface area contributed by atoms with Crippen LogP contribution in [0.2, 0.25) is 0 Å². The van der Waals surface area contributed by atoms with E-state index in [2.05, 4.69) is 10.2 Å². The van der Waals surface area contributed by atoms with Crippen LogP contribution in [0.5, 0.6) is 0 Å². The van der Waals surface area contributed by atoms with Crippen LogP contribution in [0.3, 0.4) is 0 Å². The average molecular weight is 165 g/mol.